The summed E-state index contributed by atoms with van der Waals surface area (Å²) in [5.74, 6) is -0.714. The molecule has 4 amide bonds. The Kier molecular flexibility index (Phi) is 5.51. The number of barbiturate groups is 1. The SMILES string of the molecule is COc1cc(Br)cc(/C=C2/C(=O)NC(=O)N(c3ccc(C)cc3)C2=O)c1OC. The van der Waals surface area contributed by atoms with Gasteiger partial charge in [-0.25, -0.2) is 9.69 Å². The summed E-state index contributed by atoms with van der Waals surface area (Å²) >= 11 is 3.36. The maximum Gasteiger partial charge on any atom is 0.335 e. The van der Waals surface area contributed by atoms with Crippen molar-refractivity contribution in [3.05, 3.63) is 57.6 Å². The van der Waals surface area contributed by atoms with Crippen molar-refractivity contribution < 1.29 is 23.9 Å². The van der Waals surface area contributed by atoms with Crippen molar-refractivity contribution in [1.29, 1.82) is 0 Å². The van der Waals surface area contributed by atoms with Crippen LogP contribution in [0.15, 0.2) is 46.4 Å². The number of nitrogens with zero attached hydrogens (tertiary/aromatic N) is 1. The fraction of sp³-hybridized carbons (Fsp3) is 0.150. The highest BCUT2D eigenvalue weighted by atomic mass is 79.9. The average Bonchev–Trinajstić information content (AvgIpc) is 2.66. The second-order valence-corrected chi connectivity index (χ2v) is 6.94. The second-order valence-electron chi connectivity index (χ2n) is 6.02. The largest absolute Gasteiger partial charge is 0.493 e. The number of anilines is 1. The molecule has 3 rings (SSSR count). The minimum atomic E-state index is -0.796. The van der Waals surface area contributed by atoms with Crippen LogP contribution in [0.25, 0.3) is 6.08 Å². The Labute approximate surface area is 170 Å². The molecule has 8 heteroatoms. The second kappa shape index (κ2) is 7.85. The van der Waals surface area contributed by atoms with Gasteiger partial charge < -0.3 is 9.47 Å². The van der Waals surface area contributed by atoms with Gasteiger partial charge in [0.1, 0.15) is 5.57 Å². The van der Waals surface area contributed by atoms with Crippen LogP contribution in [0, 0.1) is 6.92 Å². The number of carbonyl (C=O) groups excluding carboxylic acids is 3. The summed E-state index contributed by atoms with van der Waals surface area (Å²) in [5.41, 5.74) is 1.60. The molecule has 7 nitrogen and oxygen atoms in total. The van der Waals surface area contributed by atoms with Gasteiger partial charge in [0.15, 0.2) is 11.5 Å². The number of ether oxygens (including phenoxy) is 2. The van der Waals surface area contributed by atoms with Crippen LogP contribution in [0.4, 0.5) is 10.5 Å². The van der Waals surface area contributed by atoms with Crippen molar-refractivity contribution >= 4 is 45.5 Å². The third kappa shape index (κ3) is 3.63. The van der Waals surface area contributed by atoms with E-state index in [1.165, 1.54) is 20.3 Å². The molecule has 1 N–H and O–H groups in total. The molecule has 1 aliphatic heterocycles. The van der Waals surface area contributed by atoms with Gasteiger partial charge in [0.25, 0.3) is 11.8 Å². The topological polar surface area (TPSA) is 84.9 Å². The number of urea groups is 1. The summed E-state index contributed by atoms with van der Waals surface area (Å²) in [4.78, 5) is 38.5. The van der Waals surface area contributed by atoms with E-state index in [0.29, 0.717) is 27.2 Å². The van der Waals surface area contributed by atoms with Gasteiger partial charge in [-0.05, 0) is 37.3 Å². The van der Waals surface area contributed by atoms with Gasteiger partial charge >= 0.3 is 6.03 Å². The lowest BCUT2D eigenvalue weighted by molar-refractivity contribution is -0.122. The number of hydrogen-bond donors (Lipinski definition) is 1. The zero-order valence-corrected chi connectivity index (χ0v) is 17.0. The molecule has 28 heavy (non-hydrogen) atoms. The van der Waals surface area contributed by atoms with Crippen LogP contribution in [0.1, 0.15) is 11.1 Å². The van der Waals surface area contributed by atoms with Gasteiger partial charge in [-0.2, -0.15) is 0 Å². The Balaban J connectivity index is 2.09. The van der Waals surface area contributed by atoms with E-state index in [2.05, 4.69) is 21.2 Å². The summed E-state index contributed by atoms with van der Waals surface area (Å²) in [5, 5.41) is 2.20. The summed E-state index contributed by atoms with van der Waals surface area (Å²) < 4.78 is 11.3. The number of halogens is 1. The fourth-order valence-electron chi connectivity index (χ4n) is 2.81. The lowest BCUT2D eigenvalue weighted by Gasteiger charge is -2.26. The molecule has 1 aliphatic rings. The first-order valence-corrected chi connectivity index (χ1v) is 9.04. The van der Waals surface area contributed by atoms with Gasteiger partial charge in [0, 0.05) is 10.0 Å². The van der Waals surface area contributed by atoms with Gasteiger partial charge in [0.05, 0.1) is 19.9 Å². The number of aryl methyl sites for hydroxylation is 1. The molecule has 0 saturated carbocycles. The quantitative estimate of drug-likeness (QED) is 0.576. The molecule has 0 aliphatic carbocycles. The number of nitrogens with one attached hydrogen (secondary N) is 1. The van der Waals surface area contributed by atoms with E-state index in [1.54, 1.807) is 36.4 Å². The predicted octanol–water partition coefficient (Wildman–Crippen LogP) is 3.44. The monoisotopic (exact) mass is 444 g/mol. The molecule has 0 aromatic heterocycles. The van der Waals surface area contributed by atoms with Gasteiger partial charge in [-0.15, -0.1) is 0 Å². The first-order chi connectivity index (χ1) is 13.3. The van der Waals surface area contributed by atoms with Crippen molar-refractivity contribution in [2.24, 2.45) is 0 Å². The van der Waals surface area contributed by atoms with Gasteiger partial charge in [-0.3, -0.25) is 14.9 Å². The van der Waals surface area contributed by atoms with Crippen LogP contribution in [0.2, 0.25) is 0 Å². The molecule has 144 valence electrons. The normalized spacial score (nSPS) is 15.6. The van der Waals surface area contributed by atoms with E-state index in [9.17, 15) is 14.4 Å². The zero-order chi connectivity index (χ0) is 20.4. The lowest BCUT2D eigenvalue weighted by Crippen LogP contribution is -2.54. The summed E-state index contributed by atoms with van der Waals surface area (Å²) in [7, 11) is 2.94. The van der Waals surface area contributed by atoms with Crippen LogP contribution >= 0.6 is 15.9 Å². The zero-order valence-electron chi connectivity index (χ0n) is 15.4. The first kappa shape index (κ1) is 19.6. The van der Waals surface area contributed by atoms with Crippen molar-refractivity contribution in [1.82, 2.24) is 5.32 Å². The summed E-state index contributed by atoms with van der Waals surface area (Å²) in [6, 6.07) is 9.42. The molecule has 1 saturated heterocycles. The first-order valence-electron chi connectivity index (χ1n) is 8.25. The van der Waals surface area contributed by atoms with E-state index in [1.807, 2.05) is 6.92 Å². The highest BCUT2D eigenvalue weighted by Crippen LogP contribution is 2.36. The molecule has 0 unspecified atom stereocenters. The Hall–Kier alpha value is -3.13. The number of hydrogen-bond acceptors (Lipinski definition) is 5. The number of methoxy groups -OCH3 is 2. The van der Waals surface area contributed by atoms with Crippen molar-refractivity contribution in [2.75, 3.05) is 19.1 Å². The molecule has 2 aromatic rings. The number of imide groups is 2. The Morgan fingerprint density at radius 2 is 1.71 bits per heavy atom. The lowest BCUT2D eigenvalue weighted by atomic mass is 10.1. The smallest absolute Gasteiger partial charge is 0.335 e. The van der Waals surface area contributed by atoms with Crippen LogP contribution < -0.4 is 19.7 Å². The number of amides is 4. The van der Waals surface area contributed by atoms with Crippen molar-refractivity contribution in [2.45, 2.75) is 6.92 Å². The molecule has 1 heterocycles. The fourth-order valence-corrected chi connectivity index (χ4v) is 3.26. The maximum atomic E-state index is 13.0. The number of carbonyl (C=O) groups is 3. The summed E-state index contributed by atoms with van der Waals surface area (Å²) in [6.07, 6.45) is 1.37. The van der Waals surface area contributed by atoms with Crippen molar-refractivity contribution in [3.8, 4) is 11.5 Å². The average molecular weight is 445 g/mol. The van der Waals surface area contributed by atoms with Gasteiger partial charge in [-0.1, -0.05) is 33.6 Å². The van der Waals surface area contributed by atoms with Crippen LogP contribution in [0.5, 0.6) is 11.5 Å². The highest BCUT2D eigenvalue weighted by Gasteiger charge is 2.37. The van der Waals surface area contributed by atoms with Gasteiger partial charge in [0.2, 0.25) is 0 Å². The van der Waals surface area contributed by atoms with Crippen LogP contribution in [-0.4, -0.2) is 32.1 Å². The molecule has 0 bridgehead atoms. The molecule has 0 atom stereocenters. The minimum absolute atomic E-state index is 0.196. The standard InChI is InChI=1S/C20H17BrN2O5/c1-11-4-6-14(7-5-11)23-19(25)15(18(24)22-20(23)26)9-12-8-13(21)10-16(27-2)17(12)28-3/h4-10H,1-3H3,(H,22,24,26)/b15-9-. The van der Waals surface area contributed by atoms with E-state index >= 15 is 0 Å². The Morgan fingerprint density at radius 3 is 2.32 bits per heavy atom. The third-order valence-electron chi connectivity index (χ3n) is 4.17. The molecule has 1 fully saturated rings. The van der Waals surface area contributed by atoms with Crippen LogP contribution in [0.3, 0.4) is 0 Å². The van der Waals surface area contributed by atoms with Crippen LogP contribution in [-0.2, 0) is 9.59 Å². The molecule has 0 spiro atoms. The number of rotatable bonds is 4. The van der Waals surface area contributed by atoms with E-state index in [4.69, 9.17) is 9.47 Å². The van der Waals surface area contributed by atoms with E-state index in [-0.39, 0.29) is 5.57 Å². The molecular weight excluding hydrogens is 428 g/mol. The summed E-state index contributed by atoms with van der Waals surface area (Å²) in [6.45, 7) is 1.89. The Morgan fingerprint density at radius 1 is 1.04 bits per heavy atom. The predicted molar refractivity (Wildman–Crippen MR) is 107 cm³/mol. The molecule has 0 radical (unpaired) electrons. The molecule has 2 aromatic carbocycles. The molecular formula is C20H17BrN2O5. The minimum Gasteiger partial charge on any atom is -0.493 e. The third-order valence-corrected chi connectivity index (χ3v) is 4.62. The van der Waals surface area contributed by atoms with E-state index < -0.39 is 17.8 Å². The van der Waals surface area contributed by atoms with Crippen molar-refractivity contribution in [3.63, 3.8) is 0 Å². The Bertz CT molecular complexity index is 998. The highest BCUT2D eigenvalue weighted by molar-refractivity contribution is 9.10. The maximum absolute atomic E-state index is 13.0. The number of benzene rings is 2. The van der Waals surface area contributed by atoms with E-state index in [0.717, 1.165) is 10.5 Å².